The number of carbonyl (C=O) groups is 2. The smallest absolute Gasteiger partial charge is 0.156 e. The Morgan fingerprint density at radius 2 is 1.83 bits per heavy atom. The van der Waals surface area contributed by atoms with Gasteiger partial charge in [0.1, 0.15) is 11.5 Å². The Balaban J connectivity index is 1.59. The van der Waals surface area contributed by atoms with Crippen molar-refractivity contribution in [2.45, 2.75) is 71.1 Å². The normalized spacial score (nSPS) is 33.0. The number of allylic oxidation sites excluding steroid dienone is 4. The first-order valence-corrected chi connectivity index (χ1v) is 11.7. The van der Waals surface area contributed by atoms with Gasteiger partial charge < -0.3 is 4.74 Å². The molecule has 3 heteroatoms. The number of rotatable bonds is 4. The van der Waals surface area contributed by atoms with E-state index in [1.165, 1.54) is 16.7 Å². The average molecular weight is 405 g/mol. The fraction of sp³-hybridized carbons (Fsp3) is 0.556. The molecule has 0 aromatic heterocycles. The zero-order chi connectivity index (χ0) is 20.9. The Labute approximate surface area is 179 Å². The fourth-order valence-electron chi connectivity index (χ4n) is 6.75. The van der Waals surface area contributed by atoms with Crippen molar-refractivity contribution in [1.29, 1.82) is 0 Å². The minimum atomic E-state index is -0.206. The molecule has 158 valence electrons. The number of ketones is 2. The van der Waals surface area contributed by atoms with Crippen molar-refractivity contribution in [3.05, 3.63) is 52.6 Å². The summed E-state index contributed by atoms with van der Waals surface area (Å²) in [4.78, 5) is 25.1. The van der Waals surface area contributed by atoms with Gasteiger partial charge in [0.05, 0.1) is 6.61 Å². The Bertz CT molecular complexity index is 935. The van der Waals surface area contributed by atoms with Crippen LogP contribution in [0.5, 0.6) is 5.75 Å². The molecule has 0 radical (unpaired) electrons. The molecule has 4 atom stereocenters. The van der Waals surface area contributed by atoms with Gasteiger partial charge in [-0.15, -0.1) is 0 Å². The molecular formula is C27H32O3. The lowest BCUT2D eigenvalue weighted by Gasteiger charge is -2.50. The third-order valence-corrected chi connectivity index (χ3v) is 8.20. The number of fused-ring (bicyclic) bond motifs is 4. The monoisotopic (exact) mass is 404 g/mol. The lowest BCUT2D eigenvalue weighted by Crippen LogP contribution is -2.43. The maximum absolute atomic E-state index is 13.0. The van der Waals surface area contributed by atoms with E-state index in [2.05, 4.69) is 38.1 Å². The lowest BCUT2D eigenvalue weighted by atomic mass is 9.53. The highest BCUT2D eigenvalue weighted by Crippen LogP contribution is 2.62. The van der Waals surface area contributed by atoms with Crippen LogP contribution in [0.3, 0.4) is 0 Å². The quantitative estimate of drug-likeness (QED) is 0.623. The number of Topliss-reactive ketones (excluding diaryl/α,β-unsaturated/α-hetero) is 1. The molecule has 0 heterocycles. The second-order valence-electron chi connectivity index (χ2n) is 9.87. The number of ether oxygens (including phenoxy) is 1. The SMILES string of the molecule is CCCOc1ccc([C@H]2C[C@]3(C)C(=O)CCC3C3CCC4=CC(=O)CCC4=C32)cc1. The molecule has 0 aliphatic heterocycles. The molecule has 1 aromatic carbocycles. The summed E-state index contributed by atoms with van der Waals surface area (Å²) in [5.41, 5.74) is 5.37. The van der Waals surface area contributed by atoms with E-state index in [-0.39, 0.29) is 17.1 Å². The van der Waals surface area contributed by atoms with Crippen LogP contribution >= 0.6 is 0 Å². The van der Waals surface area contributed by atoms with Crippen LogP contribution in [0.15, 0.2) is 47.1 Å². The molecule has 30 heavy (non-hydrogen) atoms. The maximum atomic E-state index is 13.0. The van der Waals surface area contributed by atoms with Crippen molar-refractivity contribution in [3.63, 3.8) is 0 Å². The molecule has 5 rings (SSSR count). The Morgan fingerprint density at radius 1 is 1.03 bits per heavy atom. The van der Waals surface area contributed by atoms with E-state index in [1.807, 2.05) is 6.08 Å². The molecule has 2 saturated carbocycles. The van der Waals surface area contributed by atoms with Crippen LogP contribution in [0.25, 0.3) is 0 Å². The van der Waals surface area contributed by atoms with Gasteiger partial charge in [0.2, 0.25) is 0 Å². The van der Waals surface area contributed by atoms with Crippen LogP contribution in [0.2, 0.25) is 0 Å². The summed E-state index contributed by atoms with van der Waals surface area (Å²) in [6.45, 7) is 5.08. The highest BCUT2D eigenvalue weighted by Gasteiger charge is 2.56. The predicted octanol–water partition coefficient (Wildman–Crippen LogP) is 5.94. The van der Waals surface area contributed by atoms with Crippen molar-refractivity contribution in [3.8, 4) is 5.75 Å². The summed E-state index contributed by atoms with van der Waals surface area (Å²) >= 11 is 0. The molecule has 2 unspecified atom stereocenters. The van der Waals surface area contributed by atoms with Gasteiger partial charge in [-0.25, -0.2) is 0 Å². The first kappa shape index (κ1) is 19.8. The molecule has 0 bridgehead atoms. The largest absolute Gasteiger partial charge is 0.494 e. The van der Waals surface area contributed by atoms with E-state index in [9.17, 15) is 9.59 Å². The van der Waals surface area contributed by atoms with E-state index in [0.717, 1.165) is 57.3 Å². The maximum Gasteiger partial charge on any atom is 0.156 e. The first-order valence-electron chi connectivity index (χ1n) is 11.7. The van der Waals surface area contributed by atoms with Gasteiger partial charge >= 0.3 is 0 Å². The summed E-state index contributed by atoms with van der Waals surface area (Å²) in [5.74, 6) is 2.87. The Morgan fingerprint density at radius 3 is 2.60 bits per heavy atom. The molecule has 2 fully saturated rings. The van der Waals surface area contributed by atoms with Gasteiger partial charge in [0.15, 0.2) is 5.78 Å². The molecule has 4 aliphatic rings. The van der Waals surface area contributed by atoms with Crippen molar-refractivity contribution in [1.82, 2.24) is 0 Å². The zero-order valence-electron chi connectivity index (χ0n) is 18.2. The van der Waals surface area contributed by atoms with Crippen molar-refractivity contribution in [2.24, 2.45) is 17.3 Å². The minimum absolute atomic E-state index is 0.206. The zero-order valence-corrected chi connectivity index (χ0v) is 18.2. The summed E-state index contributed by atoms with van der Waals surface area (Å²) in [6.07, 6.45) is 9.17. The van der Waals surface area contributed by atoms with Crippen LogP contribution in [0.4, 0.5) is 0 Å². The molecule has 3 nitrogen and oxygen atoms in total. The molecule has 0 saturated heterocycles. The fourth-order valence-corrected chi connectivity index (χ4v) is 6.75. The van der Waals surface area contributed by atoms with Crippen LogP contribution in [0, 0.1) is 17.3 Å². The van der Waals surface area contributed by atoms with Crippen LogP contribution in [0.1, 0.15) is 76.7 Å². The standard InChI is InChI=1S/C27H32O3/c1-3-14-30-20-8-4-17(5-9-20)23-16-27(2)24(12-13-25(27)29)22-10-6-18-15-19(28)7-11-21(18)26(22)23/h4-5,8-9,15,22-24H,3,6-7,10-14,16H2,1-2H3/t22?,23-,24?,27+/m1/s1. The molecule has 1 aromatic rings. The topological polar surface area (TPSA) is 43.4 Å². The molecule has 4 aliphatic carbocycles. The number of hydrogen-bond acceptors (Lipinski definition) is 3. The number of hydrogen-bond donors (Lipinski definition) is 0. The number of benzene rings is 1. The minimum Gasteiger partial charge on any atom is -0.494 e. The van der Waals surface area contributed by atoms with Crippen molar-refractivity contribution >= 4 is 11.6 Å². The highest BCUT2D eigenvalue weighted by atomic mass is 16.5. The van der Waals surface area contributed by atoms with Gasteiger partial charge in [-0.05, 0) is 85.3 Å². The second-order valence-corrected chi connectivity index (χ2v) is 9.87. The van der Waals surface area contributed by atoms with E-state index in [4.69, 9.17) is 4.74 Å². The van der Waals surface area contributed by atoms with Gasteiger partial charge in [0, 0.05) is 24.2 Å². The number of carbonyl (C=O) groups excluding carboxylic acids is 2. The Hall–Kier alpha value is -2.16. The third-order valence-electron chi connectivity index (χ3n) is 8.20. The third kappa shape index (κ3) is 3.09. The molecular weight excluding hydrogens is 372 g/mol. The van der Waals surface area contributed by atoms with Gasteiger partial charge in [-0.2, -0.15) is 0 Å². The van der Waals surface area contributed by atoms with Gasteiger partial charge in [-0.3, -0.25) is 9.59 Å². The van der Waals surface area contributed by atoms with E-state index in [0.29, 0.717) is 24.0 Å². The van der Waals surface area contributed by atoms with Crippen LogP contribution in [-0.2, 0) is 9.59 Å². The highest BCUT2D eigenvalue weighted by molar-refractivity contribution is 5.93. The first-order chi connectivity index (χ1) is 14.5. The lowest BCUT2D eigenvalue weighted by molar-refractivity contribution is -0.128. The molecule has 0 amide bonds. The van der Waals surface area contributed by atoms with Crippen molar-refractivity contribution < 1.29 is 14.3 Å². The summed E-state index contributed by atoms with van der Waals surface area (Å²) in [5, 5.41) is 0. The van der Waals surface area contributed by atoms with E-state index >= 15 is 0 Å². The molecule has 0 N–H and O–H groups in total. The Kier molecular flexibility index (Phi) is 4.95. The predicted molar refractivity (Wildman–Crippen MR) is 117 cm³/mol. The van der Waals surface area contributed by atoms with Crippen LogP contribution < -0.4 is 4.74 Å². The average Bonchev–Trinajstić information content (AvgIpc) is 3.06. The van der Waals surface area contributed by atoms with Crippen LogP contribution in [-0.4, -0.2) is 18.2 Å². The molecule has 0 spiro atoms. The summed E-state index contributed by atoms with van der Waals surface area (Å²) < 4.78 is 5.80. The van der Waals surface area contributed by atoms with Crippen molar-refractivity contribution in [2.75, 3.05) is 6.61 Å². The van der Waals surface area contributed by atoms with E-state index < -0.39 is 0 Å². The van der Waals surface area contributed by atoms with Gasteiger partial charge in [0.25, 0.3) is 0 Å². The second kappa shape index (κ2) is 7.51. The van der Waals surface area contributed by atoms with E-state index in [1.54, 1.807) is 5.57 Å². The van der Waals surface area contributed by atoms with Gasteiger partial charge in [-0.1, -0.05) is 31.6 Å². The summed E-state index contributed by atoms with van der Waals surface area (Å²) in [6, 6.07) is 8.57. The summed E-state index contributed by atoms with van der Waals surface area (Å²) in [7, 11) is 0.